The lowest BCUT2D eigenvalue weighted by molar-refractivity contribution is -0.123. The third-order valence-corrected chi connectivity index (χ3v) is 4.13. The molecule has 2 aromatic carbocycles. The molecule has 138 valence electrons. The molecule has 27 heavy (non-hydrogen) atoms. The van der Waals surface area contributed by atoms with Gasteiger partial charge >= 0.3 is 5.97 Å². The minimum atomic E-state index is -0.999. The molecule has 2 N–H and O–H groups in total. The van der Waals surface area contributed by atoms with Crippen LogP contribution in [0.1, 0.15) is 17.4 Å². The SMILES string of the molecule is C[C@@H](OC(=O)c1n[nH]c2ccccc12)C(=O)Nc1ccc2c(c1)OCCO2. The molecule has 1 aromatic heterocycles. The first-order valence-corrected chi connectivity index (χ1v) is 8.46. The van der Waals surface area contributed by atoms with Gasteiger partial charge in [0.15, 0.2) is 23.3 Å². The van der Waals surface area contributed by atoms with Crippen molar-refractivity contribution in [2.24, 2.45) is 0 Å². The predicted octanol–water partition coefficient (Wildman–Crippen LogP) is 2.52. The van der Waals surface area contributed by atoms with Crippen LogP contribution in [0, 0.1) is 0 Å². The molecule has 0 bridgehead atoms. The number of aromatic amines is 1. The van der Waals surface area contributed by atoms with E-state index in [2.05, 4.69) is 15.5 Å². The Kier molecular flexibility index (Phi) is 4.37. The number of nitrogens with zero attached hydrogens (tertiary/aromatic N) is 1. The molecule has 4 rings (SSSR count). The minimum Gasteiger partial charge on any atom is -0.486 e. The highest BCUT2D eigenvalue weighted by Gasteiger charge is 2.23. The van der Waals surface area contributed by atoms with E-state index in [0.29, 0.717) is 35.8 Å². The number of para-hydroxylation sites is 1. The molecule has 0 spiro atoms. The summed E-state index contributed by atoms with van der Waals surface area (Å²) in [6.07, 6.45) is -0.999. The second-order valence-corrected chi connectivity index (χ2v) is 6.01. The van der Waals surface area contributed by atoms with Crippen molar-refractivity contribution in [1.29, 1.82) is 0 Å². The number of anilines is 1. The number of hydrogen-bond acceptors (Lipinski definition) is 6. The molecule has 0 saturated carbocycles. The van der Waals surface area contributed by atoms with E-state index < -0.39 is 18.0 Å². The quantitative estimate of drug-likeness (QED) is 0.687. The molecule has 8 nitrogen and oxygen atoms in total. The molecule has 2 heterocycles. The summed E-state index contributed by atoms with van der Waals surface area (Å²) in [6.45, 7) is 2.45. The first-order valence-electron chi connectivity index (χ1n) is 8.46. The molecular formula is C19H17N3O5. The molecular weight excluding hydrogens is 350 g/mol. The normalized spacial score (nSPS) is 13.8. The van der Waals surface area contributed by atoms with Crippen molar-refractivity contribution in [3.8, 4) is 11.5 Å². The number of H-pyrrole nitrogens is 1. The molecule has 1 aliphatic rings. The van der Waals surface area contributed by atoms with Crippen LogP contribution >= 0.6 is 0 Å². The number of carbonyl (C=O) groups is 2. The number of hydrogen-bond donors (Lipinski definition) is 2. The van der Waals surface area contributed by atoms with Crippen LogP contribution < -0.4 is 14.8 Å². The Morgan fingerprint density at radius 1 is 1.15 bits per heavy atom. The lowest BCUT2D eigenvalue weighted by Gasteiger charge is -2.19. The fourth-order valence-electron chi connectivity index (χ4n) is 2.75. The van der Waals surface area contributed by atoms with Crippen LogP contribution in [0.5, 0.6) is 11.5 Å². The van der Waals surface area contributed by atoms with Gasteiger partial charge in [-0.3, -0.25) is 9.89 Å². The van der Waals surface area contributed by atoms with Crippen LogP contribution in [0.4, 0.5) is 5.69 Å². The number of esters is 1. The van der Waals surface area contributed by atoms with Crippen molar-refractivity contribution in [1.82, 2.24) is 10.2 Å². The lowest BCUT2D eigenvalue weighted by Crippen LogP contribution is -2.30. The first kappa shape index (κ1) is 16.9. The van der Waals surface area contributed by atoms with Crippen LogP contribution in [0.2, 0.25) is 0 Å². The van der Waals surface area contributed by atoms with E-state index >= 15 is 0 Å². The van der Waals surface area contributed by atoms with Crippen molar-refractivity contribution < 1.29 is 23.8 Å². The molecule has 1 aliphatic heterocycles. The molecule has 1 atom stereocenters. The monoisotopic (exact) mass is 367 g/mol. The zero-order chi connectivity index (χ0) is 18.8. The molecule has 0 aliphatic carbocycles. The molecule has 0 radical (unpaired) electrons. The number of rotatable bonds is 4. The van der Waals surface area contributed by atoms with Gasteiger partial charge in [-0.15, -0.1) is 0 Å². The van der Waals surface area contributed by atoms with Gasteiger partial charge in [0, 0.05) is 17.1 Å². The van der Waals surface area contributed by atoms with Crippen LogP contribution in [-0.4, -0.2) is 41.4 Å². The van der Waals surface area contributed by atoms with Crippen molar-refractivity contribution in [2.75, 3.05) is 18.5 Å². The zero-order valence-electron chi connectivity index (χ0n) is 14.5. The second-order valence-electron chi connectivity index (χ2n) is 6.01. The fourth-order valence-corrected chi connectivity index (χ4v) is 2.75. The van der Waals surface area contributed by atoms with Gasteiger partial charge < -0.3 is 19.5 Å². The number of carbonyl (C=O) groups excluding carboxylic acids is 2. The predicted molar refractivity (Wildman–Crippen MR) is 97.0 cm³/mol. The molecule has 0 unspecified atom stereocenters. The van der Waals surface area contributed by atoms with E-state index in [1.54, 1.807) is 36.4 Å². The summed E-state index contributed by atoms with van der Waals surface area (Å²) in [4.78, 5) is 24.7. The van der Waals surface area contributed by atoms with E-state index in [1.807, 2.05) is 6.07 Å². The van der Waals surface area contributed by atoms with Gasteiger partial charge in [0.05, 0.1) is 5.52 Å². The third kappa shape index (κ3) is 3.41. The van der Waals surface area contributed by atoms with Gasteiger partial charge in [-0.25, -0.2) is 4.79 Å². The van der Waals surface area contributed by atoms with E-state index in [0.717, 1.165) is 5.52 Å². The summed E-state index contributed by atoms with van der Waals surface area (Å²) in [5.41, 5.74) is 1.39. The van der Waals surface area contributed by atoms with Crippen LogP contribution in [-0.2, 0) is 9.53 Å². The average molecular weight is 367 g/mol. The maximum absolute atomic E-state index is 12.4. The van der Waals surface area contributed by atoms with Gasteiger partial charge in [0.1, 0.15) is 13.2 Å². The highest BCUT2D eigenvalue weighted by atomic mass is 16.6. The Labute approximate surface area is 154 Å². The summed E-state index contributed by atoms with van der Waals surface area (Å²) >= 11 is 0. The Hall–Kier alpha value is -3.55. The number of amides is 1. The van der Waals surface area contributed by atoms with Crippen molar-refractivity contribution in [3.63, 3.8) is 0 Å². The maximum atomic E-state index is 12.4. The summed E-state index contributed by atoms with van der Waals surface area (Å²) in [7, 11) is 0. The topological polar surface area (TPSA) is 103 Å². The Bertz CT molecular complexity index is 1010. The van der Waals surface area contributed by atoms with Gasteiger partial charge in [-0.2, -0.15) is 5.10 Å². The van der Waals surface area contributed by atoms with Gasteiger partial charge in [-0.1, -0.05) is 18.2 Å². The number of fused-ring (bicyclic) bond motifs is 2. The highest BCUT2D eigenvalue weighted by molar-refractivity contribution is 6.03. The summed E-state index contributed by atoms with van der Waals surface area (Å²) in [6, 6.07) is 12.3. The fraction of sp³-hybridized carbons (Fsp3) is 0.211. The summed E-state index contributed by atoms with van der Waals surface area (Å²) in [5.74, 6) is 0.0629. The van der Waals surface area contributed by atoms with Crippen LogP contribution in [0.3, 0.4) is 0 Å². The molecule has 8 heteroatoms. The van der Waals surface area contributed by atoms with E-state index in [1.165, 1.54) is 6.92 Å². The largest absolute Gasteiger partial charge is 0.486 e. The maximum Gasteiger partial charge on any atom is 0.360 e. The third-order valence-electron chi connectivity index (χ3n) is 4.13. The van der Waals surface area contributed by atoms with Crippen molar-refractivity contribution in [2.45, 2.75) is 13.0 Å². The number of aromatic nitrogens is 2. The molecule has 0 fully saturated rings. The number of benzene rings is 2. The summed E-state index contributed by atoms with van der Waals surface area (Å²) in [5, 5.41) is 10.1. The van der Waals surface area contributed by atoms with Gasteiger partial charge in [0.2, 0.25) is 0 Å². The Morgan fingerprint density at radius 3 is 2.78 bits per heavy atom. The van der Waals surface area contributed by atoms with Gasteiger partial charge in [0.25, 0.3) is 5.91 Å². The minimum absolute atomic E-state index is 0.143. The smallest absolute Gasteiger partial charge is 0.360 e. The van der Waals surface area contributed by atoms with Crippen LogP contribution in [0.15, 0.2) is 42.5 Å². The van der Waals surface area contributed by atoms with Gasteiger partial charge in [-0.05, 0) is 25.1 Å². The number of nitrogens with one attached hydrogen (secondary N) is 2. The van der Waals surface area contributed by atoms with Crippen molar-refractivity contribution in [3.05, 3.63) is 48.2 Å². The summed E-state index contributed by atoms with van der Waals surface area (Å²) < 4.78 is 16.2. The zero-order valence-corrected chi connectivity index (χ0v) is 14.5. The molecule has 0 saturated heterocycles. The Morgan fingerprint density at radius 2 is 1.93 bits per heavy atom. The van der Waals surface area contributed by atoms with E-state index in [9.17, 15) is 9.59 Å². The van der Waals surface area contributed by atoms with E-state index in [-0.39, 0.29) is 5.69 Å². The van der Waals surface area contributed by atoms with Crippen molar-refractivity contribution >= 4 is 28.5 Å². The standard InChI is InChI=1S/C19H17N3O5/c1-11(27-19(24)17-13-4-2-3-5-14(13)21-22-17)18(23)20-12-6-7-15-16(10-12)26-9-8-25-15/h2-7,10-11H,8-9H2,1H3,(H,20,23)(H,21,22)/t11-/m1/s1. The first-order chi connectivity index (χ1) is 13.1. The van der Waals surface area contributed by atoms with E-state index in [4.69, 9.17) is 14.2 Å². The average Bonchev–Trinajstić information content (AvgIpc) is 3.12. The molecule has 3 aromatic rings. The lowest BCUT2D eigenvalue weighted by atomic mass is 10.2. The second kappa shape index (κ2) is 6.99. The Balaban J connectivity index is 1.42. The number of ether oxygens (including phenoxy) is 3. The molecule has 1 amide bonds. The highest BCUT2D eigenvalue weighted by Crippen LogP contribution is 2.32. The van der Waals surface area contributed by atoms with Crippen LogP contribution in [0.25, 0.3) is 10.9 Å².